The summed E-state index contributed by atoms with van der Waals surface area (Å²) in [4.78, 5) is 16.7. The van der Waals surface area contributed by atoms with Crippen molar-refractivity contribution >= 4 is 5.91 Å². The minimum Gasteiger partial charge on any atom is -0.481 e. The van der Waals surface area contributed by atoms with Gasteiger partial charge in [0, 0.05) is 6.07 Å². The average molecular weight is 221 g/mol. The Morgan fingerprint density at radius 3 is 2.47 bits per heavy atom. The molecule has 1 aromatic rings. The second-order valence-electron chi connectivity index (χ2n) is 2.48. The summed E-state index contributed by atoms with van der Waals surface area (Å²) in [7, 11) is 1.12. The number of hydrogen-bond acceptors (Lipinski definition) is 4. The molecule has 0 spiro atoms. The van der Waals surface area contributed by atoms with Crippen LogP contribution in [0.25, 0.3) is 0 Å². The van der Waals surface area contributed by atoms with E-state index >= 15 is 0 Å². The molecule has 0 saturated heterocycles. The van der Waals surface area contributed by atoms with Crippen LogP contribution in [0.5, 0.6) is 5.88 Å². The molecule has 0 bridgehead atoms. The number of amides is 1. The Kier molecular flexibility index (Phi) is 2.78. The van der Waals surface area contributed by atoms with E-state index in [0.717, 1.165) is 13.2 Å². The molecule has 0 aromatic carbocycles. The van der Waals surface area contributed by atoms with Gasteiger partial charge in [-0.15, -0.1) is 0 Å². The van der Waals surface area contributed by atoms with Gasteiger partial charge in [-0.2, -0.15) is 18.2 Å². The first kappa shape index (κ1) is 11.2. The second kappa shape index (κ2) is 3.71. The lowest BCUT2D eigenvalue weighted by molar-refractivity contribution is -0.145. The van der Waals surface area contributed by atoms with Crippen LogP contribution in [0.2, 0.25) is 0 Å². The number of aromatic nitrogens is 2. The van der Waals surface area contributed by atoms with Gasteiger partial charge in [-0.1, -0.05) is 0 Å². The zero-order valence-electron chi connectivity index (χ0n) is 7.50. The van der Waals surface area contributed by atoms with Crippen molar-refractivity contribution < 1.29 is 22.7 Å². The zero-order chi connectivity index (χ0) is 11.6. The predicted octanol–water partition coefficient (Wildman–Crippen LogP) is 0.603. The van der Waals surface area contributed by atoms with E-state index < -0.39 is 23.6 Å². The van der Waals surface area contributed by atoms with E-state index in [4.69, 9.17) is 5.73 Å². The smallest absolute Gasteiger partial charge is 0.451 e. The Balaban J connectivity index is 3.30. The minimum atomic E-state index is -4.75. The van der Waals surface area contributed by atoms with Crippen LogP contribution in [0.3, 0.4) is 0 Å². The highest BCUT2D eigenvalue weighted by atomic mass is 19.4. The number of hydrogen-bond donors (Lipinski definition) is 1. The molecule has 1 heterocycles. The molecule has 1 aromatic heterocycles. The van der Waals surface area contributed by atoms with Gasteiger partial charge in [-0.3, -0.25) is 4.79 Å². The number of nitrogens with zero attached hydrogens (tertiary/aromatic N) is 2. The van der Waals surface area contributed by atoms with Crippen molar-refractivity contribution in [3.8, 4) is 5.88 Å². The quantitative estimate of drug-likeness (QED) is 0.793. The van der Waals surface area contributed by atoms with Crippen molar-refractivity contribution in [1.29, 1.82) is 0 Å². The molecule has 0 saturated carbocycles. The first-order valence-electron chi connectivity index (χ1n) is 3.64. The van der Waals surface area contributed by atoms with Crippen LogP contribution in [0.15, 0.2) is 6.07 Å². The molecule has 0 aliphatic heterocycles. The summed E-state index contributed by atoms with van der Waals surface area (Å²) in [6, 6.07) is 0.928. The lowest BCUT2D eigenvalue weighted by atomic mass is 10.3. The highest BCUT2D eigenvalue weighted by Crippen LogP contribution is 2.27. The lowest BCUT2D eigenvalue weighted by Crippen LogP contribution is -2.19. The van der Waals surface area contributed by atoms with Gasteiger partial charge in [0.2, 0.25) is 11.7 Å². The van der Waals surface area contributed by atoms with Gasteiger partial charge in [-0.25, -0.2) is 4.98 Å². The van der Waals surface area contributed by atoms with Crippen molar-refractivity contribution in [1.82, 2.24) is 9.97 Å². The molecule has 15 heavy (non-hydrogen) atoms. The molecule has 0 fully saturated rings. The Morgan fingerprint density at radius 2 is 2.07 bits per heavy atom. The van der Waals surface area contributed by atoms with E-state index in [2.05, 4.69) is 14.7 Å². The molecule has 0 radical (unpaired) electrons. The van der Waals surface area contributed by atoms with Gasteiger partial charge < -0.3 is 10.5 Å². The predicted molar refractivity (Wildman–Crippen MR) is 42.1 cm³/mol. The number of alkyl halides is 3. The van der Waals surface area contributed by atoms with Gasteiger partial charge in [0.05, 0.1) is 7.11 Å². The van der Waals surface area contributed by atoms with Crippen LogP contribution in [0.1, 0.15) is 16.3 Å². The molecule has 5 nitrogen and oxygen atoms in total. The van der Waals surface area contributed by atoms with Crippen LogP contribution in [0.4, 0.5) is 13.2 Å². The normalized spacial score (nSPS) is 11.2. The number of ether oxygens (including phenoxy) is 1. The van der Waals surface area contributed by atoms with E-state index in [0.29, 0.717) is 0 Å². The standard InChI is InChI=1S/C7H6F3N3O2/c1-15-4-2-3(5(11)14)12-6(13-4)7(8,9)10/h2H,1H3,(H2,11,14). The van der Waals surface area contributed by atoms with Crippen LogP contribution in [-0.2, 0) is 6.18 Å². The Bertz CT molecular complexity index is 392. The van der Waals surface area contributed by atoms with Crippen molar-refractivity contribution in [3.63, 3.8) is 0 Å². The van der Waals surface area contributed by atoms with Gasteiger partial charge in [-0.05, 0) is 0 Å². The van der Waals surface area contributed by atoms with E-state index in [1.54, 1.807) is 0 Å². The van der Waals surface area contributed by atoms with Gasteiger partial charge in [0.25, 0.3) is 5.91 Å². The molecule has 0 atom stereocenters. The van der Waals surface area contributed by atoms with Crippen LogP contribution < -0.4 is 10.5 Å². The summed E-state index contributed by atoms with van der Waals surface area (Å²) < 4.78 is 41.1. The molecule has 82 valence electrons. The van der Waals surface area contributed by atoms with Crippen molar-refractivity contribution in [3.05, 3.63) is 17.6 Å². The maximum Gasteiger partial charge on any atom is 0.451 e. The molecular formula is C7H6F3N3O2. The molecule has 0 unspecified atom stereocenters. The highest BCUT2D eigenvalue weighted by Gasteiger charge is 2.36. The van der Waals surface area contributed by atoms with Gasteiger partial charge >= 0.3 is 6.18 Å². The number of primary amides is 1. The van der Waals surface area contributed by atoms with Crippen LogP contribution >= 0.6 is 0 Å². The SMILES string of the molecule is COc1cc(C(N)=O)nc(C(F)(F)F)n1. The molecule has 2 N–H and O–H groups in total. The summed E-state index contributed by atoms with van der Waals surface area (Å²) in [5.74, 6) is -2.91. The Morgan fingerprint density at radius 1 is 1.47 bits per heavy atom. The van der Waals surface area contributed by atoms with Gasteiger partial charge in [0.15, 0.2) is 0 Å². The fourth-order valence-corrected chi connectivity index (χ4v) is 0.783. The van der Waals surface area contributed by atoms with E-state index in [1.165, 1.54) is 0 Å². The largest absolute Gasteiger partial charge is 0.481 e. The number of carbonyl (C=O) groups is 1. The summed E-state index contributed by atoms with van der Waals surface area (Å²) in [5, 5.41) is 0. The summed E-state index contributed by atoms with van der Waals surface area (Å²) in [6.45, 7) is 0. The lowest BCUT2D eigenvalue weighted by Gasteiger charge is -2.07. The first-order valence-corrected chi connectivity index (χ1v) is 3.64. The molecule has 1 amide bonds. The summed E-state index contributed by atoms with van der Waals surface area (Å²) in [6.07, 6.45) is -4.75. The topological polar surface area (TPSA) is 78.1 Å². The average Bonchev–Trinajstić information content (AvgIpc) is 2.15. The monoisotopic (exact) mass is 221 g/mol. The third kappa shape index (κ3) is 2.55. The highest BCUT2D eigenvalue weighted by molar-refractivity contribution is 5.90. The fourth-order valence-electron chi connectivity index (χ4n) is 0.783. The molecule has 0 aliphatic carbocycles. The van der Waals surface area contributed by atoms with E-state index in [1.807, 2.05) is 0 Å². The fraction of sp³-hybridized carbons (Fsp3) is 0.286. The maximum atomic E-state index is 12.2. The zero-order valence-corrected chi connectivity index (χ0v) is 7.50. The third-order valence-corrected chi connectivity index (χ3v) is 1.42. The van der Waals surface area contributed by atoms with Crippen molar-refractivity contribution in [2.24, 2.45) is 5.73 Å². The van der Waals surface area contributed by atoms with E-state index in [9.17, 15) is 18.0 Å². The number of nitrogens with two attached hydrogens (primary N) is 1. The van der Waals surface area contributed by atoms with Crippen LogP contribution in [-0.4, -0.2) is 23.0 Å². The van der Waals surface area contributed by atoms with Gasteiger partial charge in [0.1, 0.15) is 5.69 Å². The number of halogens is 3. The van der Waals surface area contributed by atoms with Crippen LogP contribution in [0, 0.1) is 0 Å². The number of rotatable bonds is 2. The van der Waals surface area contributed by atoms with Crippen molar-refractivity contribution in [2.45, 2.75) is 6.18 Å². The number of carbonyl (C=O) groups excluding carboxylic acids is 1. The van der Waals surface area contributed by atoms with Crippen molar-refractivity contribution in [2.75, 3.05) is 7.11 Å². The third-order valence-electron chi connectivity index (χ3n) is 1.42. The molecule has 0 aliphatic rings. The second-order valence-corrected chi connectivity index (χ2v) is 2.48. The molecule has 8 heteroatoms. The minimum absolute atomic E-state index is 0.369. The Hall–Kier alpha value is -1.86. The summed E-state index contributed by atoms with van der Waals surface area (Å²) >= 11 is 0. The maximum absolute atomic E-state index is 12.2. The number of methoxy groups -OCH3 is 1. The molecular weight excluding hydrogens is 215 g/mol. The first-order chi connectivity index (χ1) is 6.84. The van der Waals surface area contributed by atoms with E-state index in [-0.39, 0.29) is 5.88 Å². The molecule has 1 rings (SSSR count). The summed E-state index contributed by atoms with van der Waals surface area (Å²) in [5.41, 5.74) is 4.25. The Labute approximate surface area is 82.1 Å².